The molecule has 1 fully saturated rings. The lowest BCUT2D eigenvalue weighted by Gasteiger charge is -2.31. The number of rotatable bonds is 6. The summed E-state index contributed by atoms with van der Waals surface area (Å²) in [5.41, 5.74) is 7.11. The van der Waals surface area contributed by atoms with Crippen LogP contribution in [0.25, 0.3) is 16.7 Å². The van der Waals surface area contributed by atoms with E-state index in [4.69, 9.17) is 0 Å². The number of benzene rings is 2. The Morgan fingerprint density at radius 1 is 0.975 bits per heavy atom. The van der Waals surface area contributed by atoms with E-state index in [0.29, 0.717) is 30.2 Å². The molecule has 6 rings (SSSR count). The van der Waals surface area contributed by atoms with Crippen molar-refractivity contribution in [1.82, 2.24) is 35.1 Å². The molecule has 0 saturated carbocycles. The van der Waals surface area contributed by atoms with Crippen molar-refractivity contribution in [3.63, 3.8) is 0 Å². The molecular formula is C29H28N8O2S. The molecule has 1 saturated heterocycles. The second kappa shape index (κ2) is 10.9. The van der Waals surface area contributed by atoms with Crippen LogP contribution in [0.15, 0.2) is 72.4 Å². The lowest BCUT2D eigenvalue weighted by molar-refractivity contribution is 0.0712. The van der Waals surface area contributed by atoms with Gasteiger partial charge in [0.05, 0.1) is 45.4 Å². The first-order valence-electron chi connectivity index (χ1n) is 13.1. The van der Waals surface area contributed by atoms with Crippen LogP contribution >= 0.6 is 11.3 Å². The minimum absolute atomic E-state index is 0.00263. The van der Waals surface area contributed by atoms with Crippen LogP contribution in [0.5, 0.6) is 0 Å². The number of carbonyl (C=O) groups is 2. The summed E-state index contributed by atoms with van der Waals surface area (Å²) in [6, 6.07) is 17.4. The van der Waals surface area contributed by atoms with Gasteiger partial charge in [-0.05, 0) is 44.0 Å². The first-order chi connectivity index (χ1) is 19.5. The Morgan fingerprint density at radius 2 is 1.70 bits per heavy atom. The van der Waals surface area contributed by atoms with Gasteiger partial charge in [-0.2, -0.15) is 5.10 Å². The normalized spacial score (nSPS) is 13.9. The molecule has 0 bridgehead atoms. The predicted octanol–water partition coefficient (Wildman–Crippen LogP) is 4.38. The number of hydrazine groups is 1. The van der Waals surface area contributed by atoms with Gasteiger partial charge in [-0.15, -0.1) is 11.3 Å². The van der Waals surface area contributed by atoms with E-state index < -0.39 is 0 Å². The Morgan fingerprint density at radius 3 is 2.48 bits per heavy atom. The Labute approximate surface area is 235 Å². The molecule has 0 aliphatic carbocycles. The van der Waals surface area contributed by atoms with Gasteiger partial charge in [0.1, 0.15) is 5.69 Å². The van der Waals surface area contributed by atoms with Gasteiger partial charge < -0.3 is 4.90 Å². The number of likely N-dealkylation sites (tertiary alicyclic amines) is 1. The molecule has 1 N–H and O–H groups in total. The van der Waals surface area contributed by atoms with E-state index in [1.54, 1.807) is 34.5 Å². The van der Waals surface area contributed by atoms with Crippen molar-refractivity contribution in [2.75, 3.05) is 25.1 Å². The van der Waals surface area contributed by atoms with E-state index in [1.165, 1.54) is 11.3 Å². The number of fused-ring (bicyclic) bond motifs is 1. The van der Waals surface area contributed by atoms with E-state index >= 15 is 0 Å². The van der Waals surface area contributed by atoms with E-state index in [1.807, 2.05) is 66.4 Å². The highest BCUT2D eigenvalue weighted by Gasteiger charge is 2.29. The van der Waals surface area contributed by atoms with Crippen LogP contribution in [-0.4, -0.2) is 61.6 Å². The third-order valence-electron chi connectivity index (χ3n) is 7.18. The highest BCUT2D eigenvalue weighted by atomic mass is 32.1. The molecular weight excluding hydrogens is 524 g/mol. The highest BCUT2D eigenvalue weighted by Crippen LogP contribution is 2.31. The second-order valence-corrected chi connectivity index (χ2v) is 10.6. The summed E-state index contributed by atoms with van der Waals surface area (Å²) >= 11 is 1.48. The van der Waals surface area contributed by atoms with Gasteiger partial charge in [0.15, 0.2) is 5.82 Å². The molecule has 2 amide bonds. The van der Waals surface area contributed by atoms with Crippen LogP contribution < -0.4 is 10.4 Å². The average molecular weight is 553 g/mol. The fourth-order valence-electron chi connectivity index (χ4n) is 4.90. The topological polar surface area (TPSA) is 109 Å². The standard InChI is InChI=1S/C29H28N8O2S/c1-19-22(16-31-37(19)21-8-4-3-5-9-21)29(39)36-14-12-20(13-15-36)28-33-25(18-40-28)27(38)34-35(2)26-17-30-23-10-6-7-11-24(23)32-26/h3-11,16-18,20H,12-15H2,1-2H3,(H,34,38). The number of amides is 2. The quantitative estimate of drug-likeness (QED) is 0.311. The third kappa shape index (κ3) is 5.03. The summed E-state index contributed by atoms with van der Waals surface area (Å²) in [4.78, 5) is 41.7. The zero-order chi connectivity index (χ0) is 27.6. The molecule has 1 aliphatic heterocycles. The van der Waals surface area contributed by atoms with Crippen molar-refractivity contribution >= 4 is 40.0 Å². The predicted molar refractivity (Wildman–Crippen MR) is 154 cm³/mol. The molecule has 40 heavy (non-hydrogen) atoms. The van der Waals surface area contributed by atoms with Gasteiger partial charge in [-0.25, -0.2) is 14.6 Å². The third-order valence-corrected chi connectivity index (χ3v) is 8.18. The van der Waals surface area contributed by atoms with Crippen molar-refractivity contribution in [1.29, 1.82) is 0 Å². The van der Waals surface area contributed by atoms with E-state index in [0.717, 1.165) is 40.3 Å². The summed E-state index contributed by atoms with van der Waals surface area (Å²) < 4.78 is 1.80. The van der Waals surface area contributed by atoms with Gasteiger partial charge in [0, 0.05) is 31.4 Å². The van der Waals surface area contributed by atoms with E-state index in [2.05, 4.69) is 25.5 Å². The maximum Gasteiger partial charge on any atom is 0.289 e. The maximum absolute atomic E-state index is 13.3. The monoisotopic (exact) mass is 552 g/mol. The van der Waals surface area contributed by atoms with Crippen molar-refractivity contribution < 1.29 is 9.59 Å². The second-order valence-electron chi connectivity index (χ2n) is 9.75. The van der Waals surface area contributed by atoms with Gasteiger partial charge >= 0.3 is 0 Å². The molecule has 11 heteroatoms. The lowest BCUT2D eigenvalue weighted by atomic mass is 9.97. The number of aromatic nitrogens is 5. The molecule has 0 unspecified atom stereocenters. The number of thiazole rings is 1. The molecule has 4 heterocycles. The fraction of sp³-hybridized carbons (Fsp3) is 0.241. The van der Waals surface area contributed by atoms with Crippen molar-refractivity contribution in [2.45, 2.75) is 25.7 Å². The van der Waals surface area contributed by atoms with Crippen molar-refractivity contribution in [3.05, 3.63) is 94.3 Å². The fourth-order valence-corrected chi connectivity index (χ4v) is 5.88. The Kier molecular flexibility index (Phi) is 6.95. The van der Waals surface area contributed by atoms with Crippen molar-refractivity contribution in [3.8, 4) is 5.69 Å². The SMILES string of the molecule is Cc1c(C(=O)N2CCC(c3nc(C(=O)NN(C)c4cnc5ccccc5n4)cs3)CC2)cnn1-c1ccccc1. The van der Waals surface area contributed by atoms with E-state index in [9.17, 15) is 9.59 Å². The minimum atomic E-state index is -0.307. The lowest BCUT2D eigenvalue weighted by Crippen LogP contribution is -2.40. The number of carbonyl (C=O) groups excluding carboxylic acids is 2. The summed E-state index contributed by atoms with van der Waals surface area (Å²) in [6.45, 7) is 3.18. The minimum Gasteiger partial charge on any atom is -0.338 e. The number of nitrogens with zero attached hydrogens (tertiary/aromatic N) is 7. The Balaban J connectivity index is 1.06. The molecule has 2 aromatic carbocycles. The maximum atomic E-state index is 13.3. The summed E-state index contributed by atoms with van der Waals surface area (Å²) in [5.74, 6) is 0.424. The number of piperidine rings is 1. The Hall–Kier alpha value is -4.64. The highest BCUT2D eigenvalue weighted by molar-refractivity contribution is 7.09. The van der Waals surface area contributed by atoms with Crippen LogP contribution in [0, 0.1) is 6.92 Å². The van der Waals surface area contributed by atoms with Gasteiger partial charge in [0.2, 0.25) is 0 Å². The number of anilines is 1. The molecule has 10 nitrogen and oxygen atoms in total. The average Bonchev–Trinajstić information content (AvgIpc) is 3.64. The largest absolute Gasteiger partial charge is 0.338 e. The number of hydrogen-bond donors (Lipinski definition) is 1. The summed E-state index contributed by atoms with van der Waals surface area (Å²) in [6.07, 6.45) is 4.86. The Bertz CT molecular complexity index is 1670. The molecule has 0 radical (unpaired) electrons. The van der Waals surface area contributed by atoms with Gasteiger partial charge in [0.25, 0.3) is 11.8 Å². The first kappa shape index (κ1) is 25.6. The molecule has 5 aromatic rings. The van der Waals surface area contributed by atoms with Crippen LogP contribution in [-0.2, 0) is 0 Å². The van der Waals surface area contributed by atoms with Crippen LogP contribution in [0.4, 0.5) is 5.82 Å². The molecule has 0 atom stereocenters. The van der Waals surface area contributed by atoms with Crippen molar-refractivity contribution in [2.24, 2.45) is 0 Å². The number of para-hydroxylation sites is 3. The number of hydrogen-bond acceptors (Lipinski definition) is 8. The zero-order valence-electron chi connectivity index (χ0n) is 22.2. The van der Waals surface area contributed by atoms with Gasteiger partial charge in [-0.3, -0.25) is 25.0 Å². The first-order valence-corrected chi connectivity index (χ1v) is 14.0. The molecule has 3 aromatic heterocycles. The summed E-state index contributed by atoms with van der Waals surface area (Å²) in [7, 11) is 1.72. The van der Waals surface area contributed by atoms with Gasteiger partial charge in [-0.1, -0.05) is 30.3 Å². The smallest absolute Gasteiger partial charge is 0.289 e. The van der Waals surface area contributed by atoms with E-state index in [-0.39, 0.29) is 17.7 Å². The van der Waals surface area contributed by atoms with Crippen LogP contribution in [0.3, 0.4) is 0 Å². The summed E-state index contributed by atoms with van der Waals surface area (Å²) in [5, 5.41) is 8.69. The van der Waals surface area contributed by atoms with Crippen LogP contribution in [0.2, 0.25) is 0 Å². The molecule has 202 valence electrons. The van der Waals surface area contributed by atoms with Crippen LogP contribution in [0.1, 0.15) is 50.3 Å². The number of nitrogens with one attached hydrogen (secondary N) is 1. The molecule has 0 spiro atoms. The molecule has 1 aliphatic rings. The zero-order valence-corrected chi connectivity index (χ0v) is 23.0.